The van der Waals surface area contributed by atoms with Crippen molar-refractivity contribution in [1.82, 2.24) is 0 Å². The zero-order valence-corrected chi connectivity index (χ0v) is 34.0. The van der Waals surface area contributed by atoms with E-state index >= 15 is 0 Å². The highest BCUT2D eigenvalue weighted by Gasteiger charge is 2.46. The van der Waals surface area contributed by atoms with Crippen molar-refractivity contribution >= 4 is 21.5 Å². The van der Waals surface area contributed by atoms with E-state index in [0.29, 0.717) is 0 Å². The van der Waals surface area contributed by atoms with Gasteiger partial charge in [0.15, 0.2) is 0 Å². The molecule has 1 heteroatoms. The summed E-state index contributed by atoms with van der Waals surface area (Å²) in [6.07, 6.45) is 3.89. The van der Waals surface area contributed by atoms with Crippen molar-refractivity contribution in [2.24, 2.45) is 0 Å². The minimum absolute atomic E-state index is 0.327. The fourth-order valence-corrected chi connectivity index (χ4v) is 10.00. The van der Waals surface area contributed by atoms with Gasteiger partial charge in [-0.1, -0.05) is 84.9 Å². The van der Waals surface area contributed by atoms with Crippen LogP contribution in [0.15, 0.2) is 97.1 Å². The molecule has 0 amide bonds. The summed E-state index contributed by atoms with van der Waals surface area (Å²) in [5.41, 5.74) is 21.4. The number of benzene rings is 7. The van der Waals surface area contributed by atoms with Gasteiger partial charge in [0.25, 0.3) is 0 Å². The number of ether oxygens (including phenoxy) is 1. The van der Waals surface area contributed by atoms with E-state index in [2.05, 4.69) is 166 Å². The lowest BCUT2D eigenvalue weighted by Crippen LogP contribution is -2.34. The fourth-order valence-electron chi connectivity index (χ4n) is 10.00. The molecule has 0 fully saturated rings. The molecule has 1 aliphatic rings. The van der Waals surface area contributed by atoms with E-state index in [1.165, 1.54) is 111 Å². The largest absolute Gasteiger partial charge is 0.457 e. The average Bonchev–Trinajstić information content (AvgIpc) is 3.18. The zero-order chi connectivity index (χ0) is 38.1. The molecule has 0 N–H and O–H groups in total. The van der Waals surface area contributed by atoms with Gasteiger partial charge in [-0.15, -0.1) is 0 Å². The molecule has 1 heterocycles. The second kappa shape index (κ2) is 13.6. The van der Waals surface area contributed by atoms with Gasteiger partial charge >= 0.3 is 0 Å². The first kappa shape index (κ1) is 35.9. The van der Waals surface area contributed by atoms with Crippen LogP contribution in [0.25, 0.3) is 32.7 Å². The van der Waals surface area contributed by atoms with Crippen LogP contribution in [0.4, 0.5) is 0 Å². The molecule has 7 aromatic carbocycles. The van der Waals surface area contributed by atoms with Crippen molar-refractivity contribution in [1.29, 1.82) is 0 Å². The topological polar surface area (TPSA) is 9.23 Å². The maximum Gasteiger partial charge on any atom is 0.132 e. The Morgan fingerprint density at radius 3 is 1.20 bits per heavy atom. The summed E-state index contributed by atoms with van der Waals surface area (Å²) < 4.78 is 7.31. The molecule has 54 heavy (non-hydrogen) atoms. The molecule has 0 saturated heterocycles. The summed E-state index contributed by atoms with van der Waals surface area (Å²) in [5, 5.41) is 5.59. The Morgan fingerprint density at radius 1 is 0.389 bits per heavy atom. The second-order valence-corrected chi connectivity index (χ2v) is 16.4. The smallest absolute Gasteiger partial charge is 0.132 e. The van der Waals surface area contributed by atoms with Crippen LogP contribution in [0, 0.1) is 69.2 Å². The van der Waals surface area contributed by atoms with Gasteiger partial charge in [0.05, 0.1) is 0 Å². The number of aryl methyl sites for hydroxylation is 8. The van der Waals surface area contributed by atoms with Crippen LogP contribution >= 0.6 is 0 Å². The highest BCUT2D eigenvalue weighted by molar-refractivity contribution is 6.03. The Balaban J connectivity index is 1.47. The molecule has 8 rings (SSSR count). The fraction of sp³-hybridized carbons (Fsp3) is 0.283. The third-order valence-corrected chi connectivity index (χ3v) is 13.6. The molecule has 7 aromatic rings. The average molecular weight is 707 g/mol. The van der Waals surface area contributed by atoms with Gasteiger partial charge in [0, 0.05) is 16.5 Å². The normalized spacial score (nSPS) is 13.2. The maximum atomic E-state index is 7.31. The zero-order valence-electron chi connectivity index (χ0n) is 34.0. The summed E-state index contributed by atoms with van der Waals surface area (Å²) >= 11 is 0. The summed E-state index contributed by atoms with van der Waals surface area (Å²) in [5.74, 6) is 2.06. The Morgan fingerprint density at radius 2 is 0.759 bits per heavy atom. The lowest BCUT2D eigenvalue weighted by atomic mass is 9.62. The molecule has 0 unspecified atom stereocenters. The minimum Gasteiger partial charge on any atom is -0.457 e. The van der Waals surface area contributed by atoms with E-state index in [1.807, 2.05) is 0 Å². The van der Waals surface area contributed by atoms with Gasteiger partial charge < -0.3 is 4.74 Å². The number of rotatable bonds is 7. The molecule has 0 bridgehead atoms. The third-order valence-electron chi connectivity index (χ3n) is 13.6. The predicted octanol–water partition coefficient (Wildman–Crippen LogP) is 14.4. The van der Waals surface area contributed by atoms with E-state index in [4.69, 9.17) is 4.74 Å². The van der Waals surface area contributed by atoms with E-state index in [1.54, 1.807) is 0 Å². The van der Waals surface area contributed by atoms with Gasteiger partial charge in [0.2, 0.25) is 0 Å². The molecule has 1 aliphatic heterocycles. The van der Waals surface area contributed by atoms with E-state index in [0.717, 1.165) is 37.2 Å². The van der Waals surface area contributed by atoms with Gasteiger partial charge in [-0.05, 0) is 206 Å². The van der Waals surface area contributed by atoms with Crippen LogP contribution in [0.2, 0.25) is 0 Å². The highest BCUT2D eigenvalue weighted by atomic mass is 16.5. The summed E-state index contributed by atoms with van der Waals surface area (Å²) in [4.78, 5) is 0. The number of fused-ring (bicyclic) bond motifs is 6. The Hall–Kier alpha value is -5.14. The van der Waals surface area contributed by atoms with Crippen LogP contribution in [0.3, 0.4) is 0 Å². The molecule has 272 valence electrons. The van der Waals surface area contributed by atoms with Gasteiger partial charge in [-0.25, -0.2) is 0 Å². The van der Waals surface area contributed by atoms with Crippen LogP contribution in [0.1, 0.15) is 90.7 Å². The third kappa shape index (κ3) is 5.58. The minimum atomic E-state index is -0.327. The quantitative estimate of drug-likeness (QED) is 0.160. The Labute approximate surface area is 323 Å². The van der Waals surface area contributed by atoms with Crippen LogP contribution < -0.4 is 4.74 Å². The lowest BCUT2D eigenvalue weighted by Gasteiger charge is -2.44. The first-order valence-electron chi connectivity index (χ1n) is 19.9. The van der Waals surface area contributed by atoms with E-state index in [9.17, 15) is 0 Å². The van der Waals surface area contributed by atoms with E-state index < -0.39 is 0 Å². The Bertz CT molecular complexity index is 2470. The first-order chi connectivity index (χ1) is 25.9. The molecular weight excluding hydrogens is 653 g/mol. The highest BCUT2D eigenvalue weighted by Crippen LogP contribution is 2.59. The van der Waals surface area contributed by atoms with Crippen LogP contribution in [-0.4, -0.2) is 0 Å². The molecule has 0 spiro atoms. The summed E-state index contributed by atoms with van der Waals surface area (Å²) in [6.45, 7) is 23.2. The van der Waals surface area contributed by atoms with Crippen molar-refractivity contribution in [3.05, 3.63) is 175 Å². The molecule has 0 saturated carbocycles. The van der Waals surface area contributed by atoms with Crippen molar-refractivity contribution in [3.8, 4) is 22.6 Å². The number of hydrogen-bond donors (Lipinski definition) is 0. The van der Waals surface area contributed by atoms with Crippen molar-refractivity contribution in [2.75, 3.05) is 0 Å². The van der Waals surface area contributed by atoms with Gasteiger partial charge in [-0.3, -0.25) is 0 Å². The number of hydrogen-bond acceptors (Lipinski definition) is 1. The molecule has 0 radical (unpaired) electrons. The second-order valence-electron chi connectivity index (χ2n) is 16.4. The monoisotopic (exact) mass is 706 g/mol. The van der Waals surface area contributed by atoms with Crippen LogP contribution in [0.5, 0.6) is 11.5 Å². The van der Waals surface area contributed by atoms with E-state index in [-0.39, 0.29) is 5.41 Å². The molecule has 0 atom stereocenters. The van der Waals surface area contributed by atoms with Crippen LogP contribution in [-0.2, 0) is 18.3 Å². The lowest BCUT2D eigenvalue weighted by molar-refractivity contribution is 0.363. The molecular formula is C53H54O. The summed E-state index contributed by atoms with van der Waals surface area (Å²) in [6, 6.07) is 36.0. The summed E-state index contributed by atoms with van der Waals surface area (Å²) in [7, 11) is 0. The Kier molecular flexibility index (Phi) is 9.04. The first-order valence-corrected chi connectivity index (χ1v) is 19.9. The molecule has 0 aliphatic carbocycles. The van der Waals surface area contributed by atoms with Gasteiger partial charge in [0.1, 0.15) is 11.5 Å². The van der Waals surface area contributed by atoms with Crippen molar-refractivity contribution in [3.63, 3.8) is 0 Å². The van der Waals surface area contributed by atoms with Crippen molar-refractivity contribution in [2.45, 2.75) is 100 Å². The molecule has 1 nitrogen and oxygen atoms in total. The van der Waals surface area contributed by atoms with Crippen molar-refractivity contribution < 1.29 is 4.74 Å². The maximum absolute atomic E-state index is 7.31. The predicted molar refractivity (Wildman–Crippen MR) is 231 cm³/mol. The standard InChI is InChI=1S/C53H54O/c1-31-29-45-51(49-39(9)35(5)33(3)37(7)47(31)49)53(27-25-41-17-13-11-14-18-41,28-26-42-21-23-44(24-22-42)43-19-15-12-16-20-43)52-46(54-45)30-32(2)48-38(8)34(4)36(6)40(10)50(48)52/h11-24,29-30H,25-28H2,1-10H3. The SMILES string of the molecule is Cc1c(C)c(C)c2c3c(cc(C)c2c1C)Oc1cc(C)c2c(C)c(C)c(C)c(C)c2c1C3(CCc1ccccc1)CCc1ccc(-c2ccccc2)cc1. The molecule has 0 aromatic heterocycles. The van der Waals surface area contributed by atoms with Gasteiger partial charge in [-0.2, -0.15) is 0 Å².